The number of hydrogen-bond acceptors (Lipinski definition) is 6. The van der Waals surface area contributed by atoms with Crippen LogP contribution >= 0.6 is 0 Å². The average molecular weight is 493 g/mol. The molecule has 0 radical (unpaired) electrons. The zero-order valence-electron chi connectivity index (χ0n) is 20.5. The van der Waals surface area contributed by atoms with E-state index in [2.05, 4.69) is 15.5 Å². The summed E-state index contributed by atoms with van der Waals surface area (Å²) < 4.78 is 35.1. The number of halogens is 2. The van der Waals surface area contributed by atoms with Crippen molar-refractivity contribution in [3.63, 3.8) is 0 Å². The fraction of sp³-hybridized carbons (Fsp3) is 0.640. The van der Waals surface area contributed by atoms with Crippen molar-refractivity contribution in [2.24, 2.45) is 0 Å². The van der Waals surface area contributed by atoms with Gasteiger partial charge in [-0.2, -0.15) is 0 Å². The first-order chi connectivity index (χ1) is 16.5. The molecule has 192 valence electrons. The van der Waals surface area contributed by atoms with Gasteiger partial charge in [0, 0.05) is 55.9 Å². The van der Waals surface area contributed by atoms with Gasteiger partial charge in [-0.1, -0.05) is 0 Å². The SMILES string of the molecule is CC(C)(C)OC(=O)N1CCN([C@H]2CC[C@@H](Nc3cc(F)c(C4CCC(=O)NC4=O)c(F)c3)C2)CC1. The Bertz CT molecular complexity index is 965. The lowest BCUT2D eigenvalue weighted by Crippen LogP contribution is -2.52. The maximum absolute atomic E-state index is 14.8. The molecule has 2 N–H and O–H groups in total. The Morgan fingerprint density at radius 1 is 1.06 bits per heavy atom. The van der Waals surface area contributed by atoms with Crippen LogP contribution in [0.3, 0.4) is 0 Å². The molecule has 3 amide bonds. The van der Waals surface area contributed by atoms with E-state index in [9.17, 15) is 23.2 Å². The maximum Gasteiger partial charge on any atom is 0.410 e. The number of nitrogens with one attached hydrogen (secondary N) is 2. The average Bonchev–Trinajstić information content (AvgIpc) is 3.22. The van der Waals surface area contributed by atoms with Crippen LogP contribution in [0.15, 0.2) is 12.1 Å². The molecule has 2 heterocycles. The molecule has 2 aliphatic heterocycles. The fourth-order valence-corrected chi connectivity index (χ4v) is 5.22. The highest BCUT2D eigenvalue weighted by atomic mass is 19.1. The molecule has 2 saturated heterocycles. The number of nitrogens with zero attached hydrogens (tertiary/aromatic N) is 2. The van der Waals surface area contributed by atoms with Crippen molar-refractivity contribution in [2.45, 2.75) is 76.5 Å². The van der Waals surface area contributed by atoms with Gasteiger partial charge in [0.2, 0.25) is 11.8 Å². The van der Waals surface area contributed by atoms with E-state index in [1.54, 1.807) is 4.90 Å². The molecule has 10 heteroatoms. The Kier molecular flexibility index (Phi) is 7.30. The molecule has 3 aliphatic rings. The summed E-state index contributed by atoms with van der Waals surface area (Å²) in [5.74, 6) is -3.65. The van der Waals surface area contributed by atoms with Crippen LogP contribution in [0.5, 0.6) is 0 Å². The fourth-order valence-electron chi connectivity index (χ4n) is 5.22. The van der Waals surface area contributed by atoms with Gasteiger partial charge in [-0.15, -0.1) is 0 Å². The third-order valence-electron chi connectivity index (χ3n) is 6.92. The van der Waals surface area contributed by atoms with Crippen LogP contribution in [0.25, 0.3) is 0 Å². The number of rotatable bonds is 4. The van der Waals surface area contributed by atoms with Crippen LogP contribution in [0.1, 0.15) is 64.4 Å². The van der Waals surface area contributed by atoms with Crippen molar-refractivity contribution in [1.29, 1.82) is 0 Å². The van der Waals surface area contributed by atoms with Crippen molar-refractivity contribution in [1.82, 2.24) is 15.1 Å². The Morgan fingerprint density at radius 3 is 2.31 bits per heavy atom. The monoisotopic (exact) mass is 492 g/mol. The zero-order valence-corrected chi connectivity index (χ0v) is 20.5. The second-order valence-electron chi connectivity index (χ2n) is 10.7. The van der Waals surface area contributed by atoms with Crippen molar-refractivity contribution in [3.05, 3.63) is 29.3 Å². The van der Waals surface area contributed by atoms with E-state index in [1.807, 2.05) is 20.8 Å². The second kappa shape index (κ2) is 10.1. The predicted octanol–water partition coefficient (Wildman–Crippen LogP) is 3.37. The minimum atomic E-state index is -1.00. The van der Waals surface area contributed by atoms with Gasteiger partial charge in [-0.25, -0.2) is 13.6 Å². The van der Waals surface area contributed by atoms with E-state index in [0.717, 1.165) is 32.4 Å². The number of anilines is 1. The Balaban J connectivity index is 1.31. The largest absolute Gasteiger partial charge is 0.444 e. The summed E-state index contributed by atoms with van der Waals surface area (Å²) in [7, 11) is 0. The van der Waals surface area contributed by atoms with E-state index in [0.29, 0.717) is 24.8 Å². The molecular formula is C25H34F2N4O4. The van der Waals surface area contributed by atoms with Crippen molar-refractivity contribution in [3.8, 4) is 0 Å². The van der Waals surface area contributed by atoms with E-state index in [4.69, 9.17) is 4.74 Å². The first-order valence-electron chi connectivity index (χ1n) is 12.3. The molecule has 3 atom stereocenters. The summed E-state index contributed by atoms with van der Waals surface area (Å²) in [6, 6.07) is 2.87. The van der Waals surface area contributed by atoms with Crippen LogP contribution in [0.2, 0.25) is 0 Å². The Labute approximate surface area is 204 Å². The number of amides is 3. The summed E-state index contributed by atoms with van der Waals surface area (Å²) in [6.07, 6.45) is 2.54. The zero-order chi connectivity index (χ0) is 25.3. The van der Waals surface area contributed by atoms with Gasteiger partial charge in [0.25, 0.3) is 0 Å². The van der Waals surface area contributed by atoms with Crippen LogP contribution in [-0.2, 0) is 14.3 Å². The number of piperidine rings is 1. The summed E-state index contributed by atoms with van der Waals surface area (Å²) in [5.41, 5.74) is -0.457. The number of piperazine rings is 1. The number of carbonyl (C=O) groups excluding carboxylic acids is 3. The molecule has 35 heavy (non-hydrogen) atoms. The maximum atomic E-state index is 14.8. The molecule has 3 fully saturated rings. The van der Waals surface area contributed by atoms with E-state index in [1.165, 1.54) is 12.1 Å². The van der Waals surface area contributed by atoms with Crippen molar-refractivity contribution in [2.75, 3.05) is 31.5 Å². The third-order valence-corrected chi connectivity index (χ3v) is 6.92. The molecule has 0 aromatic heterocycles. The molecule has 0 bridgehead atoms. The van der Waals surface area contributed by atoms with Crippen LogP contribution in [0, 0.1) is 11.6 Å². The highest BCUT2D eigenvalue weighted by Crippen LogP contribution is 2.33. The summed E-state index contributed by atoms with van der Waals surface area (Å²) in [5, 5.41) is 5.40. The summed E-state index contributed by atoms with van der Waals surface area (Å²) >= 11 is 0. The Morgan fingerprint density at radius 2 is 1.71 bits per heavy atom. The van der Waals surface area contributed by atoms with Crippen molar-refractivity contribution >= 4 is 23.6 Å². The summed E-state index contributed by atoms with van der Waals surface area (Å²) in [6.45, 7) is 8.32. The molecule has 1 unspecified atom stereocenters. The lowest BCUT2D eigenvalue weighted by atomic mass is 9.89. The molecule has 1 aliphatic carbocycles. The first-order valence-corrected chi connectivity index (χ1v) is 12.3. The van der Waals surface area contributed by atoms with Gasteiger partial charge in [0.05, 0.1) is 5.92 Å². The van der Waals surface area contributed by atoms with E-state index >= 15 is 0 Å². The van der Waals surface area contributed by atoms with Gasteiger partial charge < -0.3 is 15.0 Å². The summed E-state index contributed by atoms with van der Waals surface area (Å²) in [4.78, 5) is 39.8. The Hall–Kier alpha value is -2.75. The highest BCUT2D eigenvalue weighted by Gasteiger charge is 2.35. The van der Waals surface area contributed by atoms with Gasteiger partial charge in [-0.05, 0) is 58.6 Å². The lowest BCUT2D eigenvalue weighted by molar-refractivity contribution is -0.134. The number of benzene rings is 1. The normalized spacial score (nSPS) is 26.0. The number of imide groups is 1. The molecule has 1 aromatic carbocycles. The van der Waals surface area contributed by atoms with E-state index < -0.39 is 35.0 Å². The molecule has 0 spiro atoms. The van der Waals surface area contributed by atoms with Gasteiger partial charge in [0.1, 0.15) is 17.2 Å². The molecule has 8 nitrogen and oxygen atoms in total. The second-order valence-corrected chi connectivity index (χ2v) is 10.7. The molecule has 1 saturated carbocycles. The molecule has 4 rings (SSSR count). The number of carbonyl (C=O) groups is 3. The standard InChI is InChI=1S/C25H34F2N4O4/c1-25(2,3)35-24(34)31-10-8-30(9-11-31)17-5-4-15(12-17)28-16-13-19(26)22(20(27)14-16)18-6-7-21(32)29-23(18)33/h13-15,17-18,28H,4-12H2,1-3H3,(H,29,32,33)/t15-,17+,18?/m1/s1. The minimum Gasteiger partial charge on any atom is -0.444 e. The van der Waals surface area contributed by atoms with Crippen LogP contribution < -0.4 is 10.6 Å². The van der Waals surface area contributed by atoms with Gasteiger partial charge in [-0.3, -0.25) is 19.8 Å². The van der Waals surface area contributed by atoms with Crippen molar-refractivity contribution < 1.29 is 27.9 Å². The number of ether oxygens (including phenoxy) is 1. The van der Waals surface area contributed by atoms with Gasteiger partial charge in [0.15, 0.2) is 0 Å². The molecular weight excluding hydrogens is 458 g/mol. The molecule has 1 aromatic rings. The number of hydrogen-bond donors (Lipinski definition) is 2. The van der Waals surface area contributed by atoms with Gasteiger partial charge >= 0.3 is 6.09 Å². The topological polar surface area (TPSA) is 91.0 Å². The first kappa shape index (κ1) is 25.3. The quantitative estimate of drug-likeness (QED) is 0.627. The minimum absolute atomic E-state index is 0.0603. The third kappa shape index (κ3) is 6.09. The highest BCUT2D eigenvalue weighted by molar-refractivity contribution is 6.01. The van der Waals surface area contributed by atoms with Crippen LogP contribution in [0.4, 0.5) is 19.3 Å². The van der Waals surface area contributed by atoms with E-state index in [-0.39, 0.29) is 30.5 Å². The predicted molar refractivity (Wildman–Crippen MR) is 126 cm³/mol. The smallest absolute Gasteiger partial charge is 0.410 e. The lowest BCUT2D eigenvalue weighted by Gasteiger charge is -2.38. The van der Waals surface area contributed by atoms with Crippen LogP contribution in [-0.4, -0.2) is 71.6 Å².